The molecule has 0 aromatic heterocycles. The van der Waals surface area contributed by atoms with Gasteiger partial charge >= 0.3 is 0 Å². The lowest BCUT2D eigenvalue weighted by Gasteiger charge is -2.50. The molecule has 0 aliphatic carbocycles. The molecule has 1 atom stereocenters. The minimum absolute atomic E-state index is 0.00395. The molecular formula is C23H27N3O5S. The van der Waals surface area contributed by atoms with Gasteiger partial charge in [-0.3, -0.25) is 0 Å². The first kappa shape index (κ1) is 21.1. The lowest BCUT2D eigenvalue weighted by Crippen LogP contribution is -2.59. The molecule has 32 heavy (non-hydrogen) atoms. The lowest BCUT2D eigenvalue weighted by atomic mass is 9.91. The molecule has 3 heterocycles. The summed E-state index contributed by atoms with van der Waals surface area (Å²) >= 11 is 0. The molecule has 0 bridgehead atoms. The van der Waals surface area contributed by atoms with Crippen LogP contribution in [0.1, 0.15) is 36.4 Å². The van der Waals surface area contributed by atoms with Gasteiger partial charge in [0.25, 0.3) is 0 Å². The molecule has 2 aromatic rings. The average Bonchev–Trinajstić information content (AvgIpc) is 3.25. The minimum atomic E-state index is -3.25. The molecule has 1 spiro atoms. The number of hydrogen-bond donors (Lipinski definition) is 0. The molecule has 0 amide bonds. The van der Waals surface area contributed by atoms with Gasteiger partial charge in [-0.15, -0.1) is 0 Å². The van der Waals surface area contributed by atoms with Crippen LogP contribution in [0.3, 0.4) is 0 Å². The summed E-state index contributed by atoms with van der Waals surface area (Å²) in [5.41, 5.74) is 2.32. The highest BCUT2D eigenvalue weighted by atomic mass is 32.2. The molecule has 3 aliphatic heterocycles. The van der Waals surface area contributed by atoms with Crippen molar-refractivity contribution < 1.29 is 22.6 Å². The summed E-state index contributed by atoms with van der Waals surface area (Å²) in [5, 5.41) is 7.09. The molecular weight excluding hydrogens is 430 g/mol. The Morgan fingerprint density at radius 3 is 2.41 bits per heavy atom. The van der Waals surface area contributed by atoms with Gasteiger partial charge in [0.05, 0.1) is 32.2 Å². The highest BCUT2D eigenvalue weighted by Gasteiger charge is 2.53. The molecule has 1 fully saturated rings. The van der Waals surface area contributed by atoms with Crippen LogP contribution in [0.15, 0.2) is 47.6 Å². The van der Waals surface area contributed by atoms with Crippen LogP contribution in [0.5, 0.6) is 17.2 Å². The number of hydrogen-bond acceptors (Lipinski definition) is 7. The number of methoxy groups -OCH3 is 2. The Morgan fingerprint density at radius 1 is 1.06 bits per heavy atom. The fourth-order valence-corrected chi connectivity index (χ4v) is 5.73. The second-order valence-electron chi connectivity index (χ2n) is 8.43. The van der Waals surface area contributed by atoms with Crippen molar-refractivity contribution in [1.82, 2.24) is 9.31 Å². The lowest BCUT2D eigenvalue weighted by molar-refractivity contribution is -0.144. The number of benzene rings is 2. The van der Waals surface area contributed by atoms with Crippen molar-refractivity contribution in [3.8, 4) is 17.2 Å². The molecule has 3 aliphatic rings. The number of piperidine rings is 1. The third-order valence-corrected chi connectivity index (χ3v) is 7.91. The zero-order valence-corrected chi connectivity index (χ0v) is 19.3. The van der Waals surface area contributed by atoms with E-state index < -0.39 is 15.7 Å². The number of rotatable bonds is 4. The number of hydrazone groups is 1. The molecule has 0 saturated carbocycles. The van der Waals surface area contributed by atoms with Crippen molar-refractivity contribution in [2.75, 3.05) is 33.6 Å². The van der Waals surface area contributed by atoms with Crippen molar-refractivity contribution in [3.63, 3.8) is 0 Å². The minimum Gasteiger partial charge on any atom is -0.497 e. The highest BCUT2D eigenvalue weighted by molar-refractivity contribution is 7.88. The number of ether oxygens (including phenoxy) is 3. The summed E-state index contributed by atoms with van der Waals surface area (Å²) < 4.78 is 43.2. The van der Waals surface area contributed by atoms with Gasteiger partial charge in [-0.2, -0.15) is 5.10 Å². The number of sulfonamides is 1. The van der Waals surface area contributed by atoms with Gasteiger partial charge in [-0.25, -0.2) is 17.7 Å². The average molecular weight is 458 g/mol. The monoisotopic (exact) mass is 457 g/mol. The Bertz CT molecular complexity index is 1150. The van der Waals surface area contributed by atoms with Crippen LogP contribution >= 0.6 is 0 Å². The van der Waals surface area contributed by atoms with E-state index in [0.717, 1.165) is 34.8 Å². The van der Waals surface area contributed by atoms with E-state index in [4.69, 9.17) is 19.3 Å². The zero-order valence-electron chi connectivity index (χ0n) is 18.4. The molecule has 9 heteroatoms. The van der Waals surface area contributed by atoms with Crippen LogP contribution < -0.4 is 14.2 Å². The van der Waals surface area contributed by atoms with Crippen molar-refractivity contribution in [2.24, 2.45) is 5.10 Å². The Balaban J connectivity index is 1.55. The summed E-state index contributed by atoms with van der Waals surface area (Å²) in [5.74, 6) is 2.22. The van der Waals surface area contributed by atoms with Crippen LogP contribution in [0.4, 0.5) is 0 Å². The molecule has 170 valence electrons. The first-order chi connectivity index (χ1) is 15.3. The van der Waals surface area contributed by atoms with Gasteiger partial charge in [0.15, 0.2) is 11.5 Å². The summed E-state index contributed by atoms with van der Waals surface area (Å²) in [6.45, 7) is 0.778. The second-order valence-corrected chi connectivity index (χ2v) is 10.4. The maximum atomic E-state index is 12.1. The molecule has 0 radical (unpaired) electrons. The molecule has 2 aromatic carbocycles. The van der Waals surface area contributed by atoms with E-state index in [1.807, 2.05) is 36.4 Å². The van der Waals surface area contributed by atoms with E-state index in [-0.39, 0.29) is 6.04 Å². The van der Waals surface area contributed by atoms with Gasteiger partial charge in [0.1, 0.15) is 5.75 Å². The smallest absolute Gasteiger partial charge is 0.211 e. The van der Waals surface area contributed by atoms with E-state index in [9.17, 15) is 8.42 Å². The Kier molecular flexibility index (Phi) is 5.05. The molecule has 5 rings (SSSR count). The number of fused-ring (bicyclic) bond motifs is 4. The second kappa shape index (κ2) is 7.67. The van der Waals surface area contributed by atoms with Crippen molar-refractivity contribution in [1.29, 1.82) is 0 Å². The topological polar surface area (TPSA) is 80.7 Å². The Morgan fingerprint density at radius 2 is 1.78 bits per heavy atom. The third kappa shape index (κ3) is 3.40. The third-order valence-electron chi connectivity index (χ3n) is 6.60. The van der Waals surface area contributed by atoms with E-state index >= 15 is 0 Å². The van der Waals surface area contributed by atoms with Gasteiger partial charge in [0, 0.05) is 37.9 Å². The summed E-state index contributed by atoms with van der Waals surface area (Å²) in [4.78, 5) is 0. The van der Waals surface area contributed by atoms with Crippen LogP contribution in [-0.2, 0) is 10.0 Å². The van der Waals surface area contributed by atoms with E-state index in [2.05, 4.69) is 11.1 Å². The molecule has 1 saturated heterocycles. The normalized spacial score (nSPS) is 22.0. The number of para-hydroxylation sites is 1. The van der Waals surface area contributed by atoms with Crippen molar-refractivity contribution in [2.45, 2.75) is 31.0 Å². The van der Waals surface area contributed by atoms with Gasteiger partial charge in [-0.1, -0.05) is 12.1 Å². The van der Waals surface area contributed by atoms with E-state index in [0.29, 0.717) is 31.7 Å². The summed E-state index contributed by atoms with van der Waals surface area (Å²) in [7, 11) is 0.0364. The molecule has 8 nitrogen and oxygen atoms in total. The predicted molar refractivity (Wildman–Crippen MR) is 121 cm³/mol. The highest BCUT2D eigenvalue weighted by Crippen LogP contribution is 2.52. The standard InChI is InChI=1S/C23H27N3O5S/c1-29-17-9-7-16(8-10-17)19-15-20-18-5-4-6-21(30-2)22(18)31-23(26(20)24-19)11-13-25(14-12-23)32(3,27)28/h4-10,20H,11-15H2,1-3H3/t20-/m0/s1. The van der Waals surface area contributed by atoms with Crippen LogP contribution in [-0.4, -0.2) is 62.7 Å². The fraction of sp³-hybridized carbons (Fsp3) is 0.435. The van der Waals surface area contributed by atoms with Crippen molar-refractivity contribution in [3.05, 3.63) is 53.6 Å². The first-order valence-electron chi connectivity index (χ1n) is 10.7. The van der Waals surface area contributed by atoms with Gasteiger partial charge in [0.2, 0.25) is 15.7 Å². The Labute approximate surface area is 188 Å². The van der Waals surface area contributed by atoms with Crippen LogP contribution in [0.25, 0.3) is 0 Å². The van der Waals surface area contributed by atoms with Crippen LogP contribution in [0, 0.1) is 0 Å². The van der Waals surface area contributed by atoms with Gasteiger partial charge < -0.3 is 14.2 Å². The maximum absolute atomic E-state index is 12.1. The maximum Gasteiger partial charge on any atom is 0.211 e. The van der Waals surface area contributed by atoms with Crippen LogP contribution in [0.2, 0.25) is 0 Å². The van der Waals surface area contributed by atoms with E-state index in [1.165, 1.54) is 10.6 Å². The quantitative estimate of drug-likeness (QED) is 0.702. The summed E-state index contributed by atoms with van der Waals surface area (Å²) in [6, 6.07) is 13.8. The summed E-state index contributed by atoms with van der Waals surface area (Å²) in [6.07, 6.45) is 3.03. The Hall–Kier alpha value is -2.78. The van der Waals surface area contributed by atoms with Gasteiger partial charge in [-0.05, 0) is 35.9 Å². The molecule has 0 unspecified atom stereocenters. The van der Waals surface area contributed by atoms with E-state index in [1.54, 1.807) is 14.2 Å². The fourth-order valence-electron chi connectivity index (χ4n) is 4.89. The molecule has 0 N–H and O–H groups in total. The van der Waals surface area contributed by atoms with Crippen molar-refractivity contribution >= 4 is 15.7 Å². The predicted octanol–water partition coefficient (Wildman–Crippen LogP) is 3.00. The largest absolute Gasteiger partial charge is 0.497 e. The first-order valence-corrected chi connectivity index (χ1v) is 12.5. The number of nitrogens with zero attached hydrogens (tertiary/aromatic N) is 3. The zero-order chi connectivity index (χ0) is 22.5. The SMILES string of the molecule is COc1ccc(C2=NN3[C@@H](C2)c2cccc(OC)c2OC32CCN(S(C)(=O)=O)CC2)cc1.